The van der Waals surface area contributed by atoms with E-state index in [1.165, 1.54) is 25.7 Å². The third-order valence-corrected chi connectivity index (χ3v) is 3.60. The highest BCUT2D eigenvalue weighted by Gasteiger charge is 2.25. The van der Waals surface area contributed by atoms with Gasteiger partial charge in [0.25, 0.3) is 0 Å². The summed E-state index contributed by atoms with van der Waals surface area (Å²) in [5.74, 6) is 0.336. The van der Waals surface area contributed by atoms with Gasteiger partial charge in [-0.05, 0) is 25.7 Å². The first-order chi connectivity index (χ1) is 8.27. The van der Waals surface area contributed by atoms with Crippen molar-refractivity contribution in [2.24, 2.45) is 0 Å². The molecule has 0 bridgehead atoms. The van der Waals surface area contributed by atoms with Crippen molar-refractivity contribution in [3.05, 3.63) is 0 Å². The Morgan fingerprint density at radius 3 is 2.65 bits per heavy atom. The maximum atomic E-state index is 11.8. The summed E-state index contributed by atoms with van der Waals surface area (Å²) in [6.45, 7) is 4.36. The maximum absolute atomic E-state index is 11.8. The monoisotopic (exact) mass is 240 g/mol. The lowest BCUT2D eigenvalue weighted by molar-refractivity contribution is -0.132. The largest absolute Gasteiger partial charge is 0.367 e. The van der Waals surface area contributed by atoms with E-state index in [-0.39, 0.29) is 6.10 Å². The number of hydrogen-bond donors (Lipinski definition) is 0. The van der Waals surface area contributed by atoms with Gasteiger partial charge in [0.1, 0.15) is 6.10 Å². The summed E-state index contributed by atoms with van der Waals surface area (Å²) in [7, 11) is 0. The molecule has 17 heavy (non-hydrogen) atoms. The Kier molecular flexibility index (Phi) is 7.50. The van der Waals surface area contributed by atoms with Gasteiger partial charge in [0.15, 0.2) is 5.78 Å². The van der Waals surface area contributed by atoms with E-state index in [0.29, 0.717) is 11.9 Å². The number of rotatable bonds is 7. The molecule has 0 aromatic carbocycles. The van der Waals surface area contributed by atoms with Gasteiger partial charge >= 0.3 is 0 Å². The van der Waals surface area contributed by atoms with Crippen LogP contribution in [0, 0.1) is 0 Å². The highest BCUT2D eigenvalue weighted by atomic mass is 16.5. The molecule has 1 aliphatic rings. The fourth-order valence-electron chi connectivity index (χ4n) is 2.54. The number of unbranched alkanes of at least 4 members (excludes halogenated alkanes) is 3. The van der Waals surface area contributed by atoms with Crippen LogP contribution in [0.5, 0.6) is 0 Å². The van der Waals surface area contributed by atoms with Crippen molar-refractivity contribution < 1.29 is 9.53 Å². The second-order valence-electron chi connectivity index (χ2n) is 5.24. The van der Waals surface area contributed by atoms with Gasteiger partial charge in [-0.2, -0.15) is 0 Å². The Morgan fingerprint density at radius 1 is 1.12 bits per heavy atom. The van der Waals surface area contributed by atoms with Crippen LogP contribution < -0.4 is 0 Å². The molecule has 1 rings (SSSR count). The second-order valence-corrected chi connectivity index (χ2v) is 5.24. The topological polar surface area (TPSA) is 26.3 Å². The zero-order chi connectivity index (χ0) is 12.5. The van der Waals surface area contributed by atoms with Crippen molar-refractivity contribution in [3.8, 4) is 0 Å². The van der Waals surface area contributed by atoms with Crippen LogP contribution in [-0.4, -0.2) is 18.0 Å². The van der Waals surface area contributed by atoms with E-state index in [9.17, 15) is 4.79 Å². The Labute approximate surface area is 106 Å². The van der Waals surface area contributed by atoms with Gasteiger partial charge in [-0.25, -0.2) is 0 Å². The van der Waals surface area contributed by atoms with Crippen LogP contribution in [0.2, 0.25) is 0 Å². The minimum Gasteiger partial charge on any atom is -0.367 e. The fraction of sp³-hybridized carbons (Fsp3) is 0.933. The number of hydrogen-bond acceptors (Lipinski definition) is 2. The average Bonchev–Trinajstić information content (AvgIpc) is 2.49. The lowest BCUT2D eigenvalue weighted by Crippen LogP contribution is -2.26. The molecule has 2 heteroatoms. The summed E-state index contributed by atoms with van der Waals surface area (Å²) in [6, 6.07) is 0. The van der Waals surface area contributed by atoms with Crippen molar-refractivity contribution in [1.29, 1.82) is 0 Å². The molecule has 0 aromatic rings. The van der Waals surface area contributed by atoms with Crippen molar-refractivity contribution in [2.45, 2.75) is 90.3 Å². The Balaban J connectivity index is 2.31. The average molecular weight is 240 g/mol. The van der Waals surface area contributed by atoms with E-state index in [1.54, 1.807) is 0 Å². The summed E-state index contributed by atoms with van der Waals surface area (Å²) in [4.78, 5) is 11.8. The van der Waals surface area contributed by atoms with Crippen molar-refractivity contribution in [1.82, 2.24) is 0 Å². The third-order valence-electron chi connectivity index (χ3n) is 3.60. The summed E-state index contributed by atoms with van der Waals surface area (Å²) in [5, 5.41) is 0. The molecule has 1 saturated heterocycles. The Hall–Kier alpha value is -0.370. The van der Waals surface area contributed by atoms with Gasteiger partial charge in [0.05, 0.1) is 6.10 Å². The Bertz CT molecular complexity index is 213. The molecule has 0 saturated carbocycles. The third kappa shape index (κ3) is 5.67. The highest BCUT2D eigenvalue weighted by Crippen LogP contribution is 2.22. The summed E-state index contributed by atoms with van der Waals surface area (Å²) in [6.07, 6.45) is 11.3. The SMILES string of the molecule is CCCCCC[C@@H]1CCCC(=O)[C@@H](CCC)O1. The summed E-state index contributed by atoms with van der Waals surface area (Å²) >= 11 is 0. The smallest absolute Gasteiger partial charge is 0.161 e. The van der Waals surface area contributed by atoms with Gasteiger partial charge in [-0.1, -0.05) is 46.0 Å². The van der Waals surface area contributed by atoms with E-state index in [4.69, 9.17) is 4.74 Å². The first-order valence-electron chi connectivity index (χ1n) is 7.46. The van der Waals surface area contributed by atoms with Crippen LogP contribution >= 0.6 is 0 Å². The standard InChI is InChI=1S/C15H28O2/c1-3-5-6-7-10-13-11-8-12-14(16)15(17-13)9-4-2/h13,15H,3-12H2,1-2H3/t13-,15-/m1/s1. The number of carbonyl (C=O) groups excluding carboxylic acids is 1. The zero-order valence-corrected chi connectivity index (χ0v) is 11.5. The molecule has 0 aromatic heterocycles. The Morgan fingerprint density at radius 2 is 1.94 bits per heavy atom. The van der Waals surface area contributed by atoms with Crippen LogP contribution in [0.1, 0.15) is 78.1 Å². The van der Waals surface area contributed by atoms with Crippen molar-refractivity contribution in [3.63, 3.8) is 0 Å². The van der Waals surface area contributed by atoms with E-state index in [2.05, 4.69) is 13.8 Å². The molecule has 100 valence electrons. The minimum absolute atomic E-state index is 0.0984. The van der Waals surface area contributed by atoms with Crippen LogP contribution in [0.4, 0.5) is 0 Å². The lowest BCUT2D eigenvalue weighted by atomic mass is 10.0. The summed E-state index contributed by atoms with van der Waals surface area (Å²) < 4.78 is 5.99. The van der Waals surface area contributed by atoms with Crippen LogP contribution in [0.15, 0.2) is 0 Å². The van der Waals surface area contributed by atoms with Crippen LogP contribution in [0.25, 0.3) is 0 Å². The van der Waals surface area contributed by atoms with Gasteiger partial charge in [-0.15, -0.1) is 0 Å². The molecule has 2 atom stereocenters. The molecule has 0 aliphatic carbocycles. The van der Waals surface area contributed by atoms with Crippen molar-refractivity contribution >= 4 is 5.78 Å². The normalized spacial score (nSPS) is 25.9. The molecule has 0 amide bonds. The molecule has 0 spiro atoms. The number of carbonyl (C=O) groups is 1. The molecule has 1 fully saturated rings. The molecule has 0 radical (unpaired) electrons. The van der Waals surface area contributed by atoms with Gasteiger partial charge in [0, 0.05) is 6.42 Å². The fourth-order valence-corrected chi connectivity index (χ4v) is 2.54. The second kappa shape index (κ2) is 8.68. The van der Waals surface area contributed by atoms with E-state index in [1.807, 2.05) is 0 Å². The molecule has 0 N–H and O–H groups in total. The number of ketones is 1. The first-order valence-corrected chi connectivity index (χ1v) is 7.46. The zero-order valence-electron chi connectivity index (χ0n) is 11.5. The molecule has 1 heterocycles. The van der Waals surface area contributed by atoms with E-state index < -0.39 is 0 Å². The molecular weight excluding hydrogens is 212 g/mol. The van der Waals surface area contributed by atoms with Gasteiger partial charge in [-0.3, -0.25) is 4.79 Å². The molecule has 2 nitrogen and oxygen atoms in total. The number of ether oxygens (including phenoxy) is 1. The predicted molar refractivity (Wildman–Crippen MR) is 71.2 cm³/mol. The minimum atomic E-state index is -0.0984. The molecular formula is C15H28O2. The molecule has 1 aliphatic heterocycles. The predicted octanol–water partition coefficient (Wildman–Crippen LogP) is 4.26. The van der Waals surface area contributed by atoms with Crippen LogP contribution in [0.3, 0.4) is 0 Å². The quantitative estimate of drug-likeness (QED) is 0.621. The number of Topliss-reactive ketones (excluding diaryl/α,β-unsaturated/α-hetero) is 1. The van der Waals surface area contributed by atoms with E-state index in [0.717, 1.165) is 38.5 Å². The van der Waals surface area contributed by atoms with Gasteiger partial charge < -0.3 is 4.74 Å². The summed E-state index contributed by atoms with van der Waals surface area (Å²) in [5.41, 5.74) is 0. The van der Waals surface area contributed by atoms with E-state index >= 15 is 0 Å². The van der Waals surface area contributed by atoms with Gasteiger partial charge in [0.2, 0.25) is 0 Å². The van der Waals surface area contributed by atoms with Crippen LogP contribution in [-0.2, 0) is 9.53 Å². The molecule has 0 unspecified atom stereocenters. The first kappa shape index (κ1) is 14.7. The van der Waals surface area contributed by atoms with Crippen molar-refractivity contribution in [2.75, 3.05) is 0 Å². The maximum Gasteiger partial charge on any atom is 0.161 e. The highest BCUT2D eigenvalue weighted by molar-refractivity contribution is 5.83. The lowest BCUT2D eigenvalue weighted by Gasteiger charge is -2.20.